The Hall–Kier alpha value is -0.640. The molecule has 0 bridgehead atoms. The van der Waals surface area contributed by atoms with Gasteiger partial charge >= 0.3 is 0 Å². The van der Waals surface area contributed by atoms with Crippen LogP contribution in [-0.4, -0.2) is 33.1 Å². The zero-order valence-corrected chi connectivity index (χ0v) is 20.6. The summed E-state index contributed by atoms with van der Waals surface area (Å²) < 4.78 is 0. The molecule has 0 aliphatic heterocycles. The quantitative estimate of drug-likeness (QED) is 0.516. The van der Waals surface area contributed by atoms with Gasteiger partial charge in [-0.15, -0.1) is 0 Å². The monoisotopic (exact) mass is 430 g/mol. The van der Waals surface area contributed by atoms with Crippen molar-refractivity contribution in [2.75, 3.05) is 0 Å². The molecule has 0 radical (unpaired) electrons. The van der Waals surface area contributed by atoms with E-state index < -0.39 is 17.8 Å². The van der Waals surface area contributed by atoms with E-state index >= 15 is 0 Å². The van der Waals surface area contributed by atoms with Crippen LogP contribution in [0.25, 0.3) is 0 Å². The number of hydrogen-bond acceptors (Lipinski definition) is 3. The van der Waals surface area contributed by atoms with Crippen LogP contribution in [0.2, 0.25) is 0 Å². The molecule has 0 spiro atoms. The second-order valence-corrected chi connectivity index (χ2v) is 12.5. The molecule has 176 valence electrons. The van der Waals surface area contributed by atoms with Gasteiger partial charge in [0.1, 0.15) is 11.7 Å². The van der Waals surface area contributed by atoms with E-state index in [-0.39, 0.29) is 10.8 Å². The van der Waals surface area contributed by atoms with E-state index in [4.69, 9.17) is 0 Å². The molecule has 3 N–H and O–H groups in total. The summed E-state index contributed by atoms with van der Waals surface area (Å²) in [6.07, 6.45) is 12.1. The average molecular weight is 431 g/mol. The van der Waals surface area contributed by atoms with E-state index in [9.17, 15) is 15.3 Å². The third kappa shape index (κ3) is 3.49. The lowest BCUT2D eigenvalue weighted by molar-refractivity contribution is -0.210. The van der Waals surface area contributed by atoms with Gasteiger partial charge in [-0.2, -0.15) is 0 Å². The summed E-state index contributed by atoms with van der Waals surface area (Å²) in [4.78, 5) is 0. The van der Waals surface area contributed by atoms with Crippen molar-refractivity contribution in [1.82, 2.24) is 0 Å². The van der Waals surface area contributed by atoms with Crippen molar-refractivity contribution in [1.29, 1.82) is 0 Å². The minimum absolute atomic E-state index is 0.271. The minimum atomic E-state index is -1.20. The molecule has 31 heavy (non-hydrogen) atoms. The van der Waals surface area contributed by atoms with Crippen molar-refractivity contribution in [2.45, 2.75) is 104 Å². The van der Waals surface area contributed by atoms with Crippen molar-refractivity contribution >= 4 is 0 Å². The van der Waals surface area contributed by atoms with E-state index in [0.29, 0.717) is 41.9 Å². The molecule has 0 aromatic heterocycles. The molecule has 3 heteroatoms. The van der Waals surface area contributed by atoms with Crippen LogP contribution < -0.4 is 0 Å². The fraction of sp³-hybridized carbons (Fsp3) is 0.857. The lowest BCUT2D eigenvalue weighted by atomic mass is 9.45. The number of allylic oxidation sites excluding steroid dienone is 3. The van der Waals surface area contributed by atoms with Crippen molar-refractivity contribution < 1.29 is 15.3 Å². The largest absolute Gasteiger partial charge is 0.393 e. The number of hydrogen-bond donors (Lipinski definition) is 3. The molecule has 3 saturated carbocycles. The van der Waals surface area contributed by atoms with Crippen LogP contribution in [0.3, 0.4) is 0 Å². The Morgan fingerprint density at radius 1 is 0.935 bits per heavy atom. The maximum atomic E-state index is 11.6. The van der Waals surface area contributed by atoms with E-state index in [2.05, 4.69) is 53.7 Å². The first-order chi connectivity index (χ1) is 14.4. The maximum absolute atomic E-state index is 11.6. The lowest BCUT2D eigenvalue weighted by Gasteiger charge is -2.62. The molecule has 0 aromatic rings. The van der Waals surface area contributed by atoms with Crippen molar-refractivity contribution in [3.05, 3.63) is 23.8 Å². The molecule has 0 amide bonds. The van der Waals surface area contributed by atoms with Crippen LogP contribution >= 0.6 is 0 Å². The van der Waals surface area contributed by atoms with Crippen LogP contribution in [0.1, 0.15) is 86.5 Å². The van der Waals surface area contributed by atoms with Gasteiger partial charge in [0.2, 0.25) is 0 Å². The third-order valence-electron chi connectivity index (χ3n) is 10.7. The molecular weight excluding hydrogens is 384 g/mol. The topological polar surface area (TPSA) is 60.7 Å². The predicted octanol–water partition coefficient (Wildman–Crippen LogP) is 5.50. The summed E-state index contributed by atoms with van der Waals surface area (Å²) in [6, 6.07) is 0. The highest BCUT2D eigenvalue weighted by molar-refractivity contribution is 5.33. The predicted molar refractivity (Wildman–Crippen MR) is 126 cm³/mol. The smallest absolute Gasteiger partial charge is 0.102 e. The molecule has 3 nitrogen and oxygen atoms in total. The Bertz CT molecular complexity index is 741. The fourth-order valence-electron chi connectivity index (χ4n) is 8.16. The van der Waals surface area contributed by atoms with E-state index in [1.807, 2.05) is 6.08 Å². The molecule has 4 rings (SSSR count). The maximum Gasteiger partial charge on any atom is 0.102 e. The zero-order chi connectivity index (χ0) is 22.8. The number of rotatable bonds is 4. The Morgan fingerprint density at radius 3 is 2.32 bits per heavy atom. The number of fused-ring (bicyclic) bond motifs is 5. The van der Waals surface area contributed by atoms with E-state index in [0.717, 1.165) is 19.3 Å². The van der Waals surface area contributed by atoms with Crippen LogP contribution in [0.5, 0.6) is 0 Å². The van der Waals surface area contributed by atoms with Crippen molar-refractivity contribution in [3.63, 3.8) is 0 Å². The highest BCUT2D eigenvalue weighted by atomic mass is 16.3. The Morgan fingerprint density at radius 2 is 1.65 bits per heavy atom. The van der Waals surface area contributed by atoms with Gasteiger partial charge in [0.15, 0.2) is 0 Å². The van der Waals surface area contributed by atoms with Gasteiger partial charge in [0.05, 0.1) is 6.10 Å². The van der Waals surface area contributed by atoms with Crippen LogP contribution in [0, 0.1) is 46.3 Å². The van der Waals surface area contributed by atoms with Crippen molar-refractivity contribution in [2.24, 2.45) is 46.3 Å². The summed E-state index contributed by atoms with van der Waals surface area (Å²) in [7, 11) is 0. The van der Waals surface area contributed by atoms with Crippen LogP contribution in [0.15, 0.2) is 23.8 Å². The highest BCUT2D eigenvalue weighted by Gasteiger charge is 2.64. The summed E-state index contributed by atoms with van der Waals surface area (Å²) in [5, 5.41) is 32.9. The van der Waals surface area contributed by atoms with Crippen LogP contribution in [-0.2, 0) is 0 Å². The Balaban J connectivity index is 1.61. The highest BCUT2D eigenvalue weighted by Crippen LogP contribution is 2.67. The number of aliphatic hydroxyl groups is 3. The molecular formula is C28H46O3. The Labute approximate surface area is 190 Å². The summed E-state index contributed by atoms with van der Waals surface area (Å²) in [5.74, 6) is 3.37. The molecule has 4 aliphatic carbocycles. The molecule has 0 heterocycles. The summed E-state index contributed by atoms with van der Waals surface area (Å²) in [6.45, 7) is 14.0. The molecule has 4 aliphatic rings. The van der Waals surface area contributed by atoms with E-state index in [1.165, 1.54) is 24.8 Å². The van der Waals surface area contributed by atoms with Gasteiger partial charge in [-0.3, -0.25) is 0 Å². The van der Waals surface area contributed by atoms with Gasteiger partial charge in [-0.05, 0) is 79.4 Å². The van der Waals surface area contributed by atoms with E-state index in [1.54, 1.807) is 0 Å². The molecule has 0 aromatic carbocycles. The van der Waals surface area contributed by atoms with Crippen molar-refractivity contribution in [3.8, 4) is 0 Å². The lowest BCUT2D eigenvalue weighted by Crippen LogP contribution is -2.65. The van der Waals surface area contributed by atoms with Gasteiger partial charge in [-0.25, -0.2) is 0 Å². The second kappa shape index (κ2) is 7.99. The Kier molecular flexibility index (Phi) is 6.06. The second-order valence-electron chi connectivity index (χ2n) is 12.5. The summed E-state index contributed by atoms with van der Waals surface area (Å²) >= 11 is 0. The molecule has 0 saturated heterocycles. The normalized spacial score (nSPS) is 49.4. The molecule has 0 unspecified atom stereocenters. The zero-order valence-electron chi connectivity index (χ0n) is 20.6. The SMILES string of the molecule is CC(C)[C@H](C)/C=C/[C@@H](C)[C@H]1CC[C@H]2C3=C[C@@H](O)[C@@]4(O)C[C@@H](O)CC[C@]4(C)[C@H]3CC[C@]12C. The van der Waals surface area contributed by atoms with Gasteiger partial charge in [0, 0.05) is 11.8 Å². The molecule has 10 atom stereocenters. The van der Waals surface area contributed by atoms with Crippen LogP contribution in [0.4, 0.5) is 0 Å². The first-order valence-electron chi connectivity index (χ1n) is 12.9. The third-order valence-corrected chi connectivity index (χ3v) is 10.7. The standard InChI is InChI=1S/C28H46O3/c1-17(2)18(3)7-8-19(4)22-9-10-23-21-15-25(30)28(31)16-20(29)11-14-27(28,6)24(21)12-13-26(22,23)5/h7-8,15,17-20,22-25,29-31H,9-14,16H2,1-6H3/b8-7+/t18-,19-,20+,22-,23+,24+,25-,26-,27-,28+/m1/s1. The number of aliphatic hydroxyl groups excluding tert-OH is 2. The first kappa shape index (κ1) is 23.5. The van der Waals surface area contributed by atoms with Gasteiger partial charge in [0.25, 0.3) is 0 Å². The molecule has 3 fully saturated rings. The average Bonchev–Trinajstić information content (AvgIpc) is 3.05. The first-order valence-corrected chi connectivity index (χ1v) is 12.9. The summed E-state index contributed by atoms with van der Waals surface area (Å²) in [5.41, 5.74) is 0.160. The fourth-order valence-corrected chi connectivity index (χ4v) is 8.16. The van der Waals surface area contributed by atoms with Gasteiger partial charge in [-0.1, -0.05) is 65.3 Å². The van der Waals surface area contributed by atoms with Gasteiger partial charge < -0.3 is 15.3 Å². The minimum Gasteiger partial charge on any atom is -0.393 e.